The van der Waals surface area contributed by atoms with Crippen molar-refractivity contribution in [2.75, 3.05) is 6.61 Å². The number of rotatable bonds is 1. The Morgan fingerprint density at radius 2 is 1.82 bits per heavy atom. The summed E-state index contributed by atoms with van der Waals surface area (Å²) in [4.78, 5) is 0. The fourth-order valence-corrected chi connectivity index (χ4v) is 4.46. The van der Waals surface area contributed by atoms with E-state index in [1.165, 1.54) is 25.7 Å². The largest absolute Gasteiger partial charge is 0.389 e. The van der Waals surface area contributed by atoms with Crippen molar-refractivity contribution in [1.29, 1.82) is 0 Å². The van der Waals surface area contributed by atoms with Gasteiger partial charge in [-0.15, -0.1) is 0 Å². The molecule has 2 heteroatoms. The van der Waals surface area contributed by atoms with Crippen LogP contribution in [0.15, 0.2) is 0 Å². The Bertz CT molecular complexity index is 310. The van der Waals surface area contributed by atoms with Crippen molar-refractivity contribution >= 4 is 0 Å². The van der Waals surface area contributed by atoms with Crippen molar-refractivity contribution in [3.05, 3.63) is 0 Å². The van der Waals surface area contributed by atoms with Gasteiger partial charge in [0.1, 0.15) is 0 Å². The van der Waals surface area contributed by atoms with Crippen molar-refractivity contribution in [3.8, 4) is 0 Å². The van der Waals surface area contributed by atoms with Crippen LogP contribution in [0.5, 0.6) is 0 Å². The summed E-state index contributed by atoms with van der Waals surface area (Å²) in [6.07, 6.45) is 5.91. The fraction of sp³-hybridized carbons (Fsp3) is 1.00. The van der Waals surface area contributed by atoms with E-state index in [0.29, 0.717) is 23.7 Å². The molecule has 2 nitrogen and oxygen atoms in total. The van der Waals surface area contributed by atoms with Gasteiger partial charge in [0.15, 0.2) is 0 Å². The number of ether oxygens (including phenoxy) is 1. The predicted octanol–water partition coefficient (Wildman–Crippen LogP) is 2.99. The molecule has 0 unspecified atom stereocenters. The lowest BCUT2D eigenvalue weighted by atomic mass is 9.74. The topological polar surface area (TPSA) is 32.8 Å². The van der Waals surface area contributed by atoms with Crippen molar-refractivity contribution < 1.29 is 9.84 Å². The second kappa shape index (κ2) is 3.71. The van der Waals surface area contributed by atoms with Crippen LogP contribution in [-0.2, 0) is 4.74 Å². The average Bonchev–Trinajstić information content (AvgIpc) is 2.97. The molecule has 0 aromatic carbocycles. The van der Waals surface area contributed by atoms with Crippen LogP contribution in [-0.4, -0.2) is 22.9 Å². The summed E-state index contributed by atoms with van der Waals surface area (Å²) in [5, 5.41) is 11.1. The minimum absolute atomic E-state index is 0.0899. The number of aliphatic hydroxyl groups is 1. The zero-order chi connectivity index (χ0) is 12.3. The Balaban J connectivity index is 1.86. The van der Waals surface area contributed by atoms with Gasteiger partial charge in [-0.1, -0.05) is 13.8 Å². The van der Waals surface area contributed by atoms with Gasteiger partial charge in [-0.3, -0.25) is 0 Å². The van der Waals surface area contributed by atoms with Gasteiger partial charge in [0, 0.05) is 0 Å². The molecule has 3 rings (SSSR count). The van der Waals surface area contributed by atoms with E-state index in [1.54, 1.807) is 0 Å². The number of epoxide rings is 1. The monoisotopic (exact) mass is 238 g/mol. The number of hydrogen-bond acceptors (Lipinski definition) is 2. The standard InChI is InChI=1S/C15H26O2/c1-10-4-6-12(14(3)9-17-14)8-15(16)11(2)5-7-13(10)15/h10-13,16H,4-9H2,1-3H3/t10-,11-,12+,13+,14+,15+/m0/s1. The van der Waals surface area contributed by atoms with Crippen molar-refractivity contribution in [1.82, 2.24) is 0 Å². The molecule has 2 saturated carbocycles. The molecule has 0 radical (unpaired) electrons. The van der Waals surface area contributed by atoms with Gasteiger partial charge in [0.2, 0.25) is 0 Å². The van der Waals surface area contributed by atoms with Crippen LogP contribution in [0.1, 0.15) is 52.9 Å². The van der Waals surface area contributed by atoms with Gasteiger partial charge in [-0.05, 0) is 62.7 Å². The predicted molar refractivity (Wildman–Crippen MR) is 67.7 cm³/mol. The van der Waals surface area contributed by atoms with Crippen LogP contribution in [0.25, 0.3) is 0 Å². The summed E-state index contributed by atoms with van der Waals surface area (Å²) in [7, 11) is 0. The van der Waals surface area contributed by atoms with Crippen LogP contribution >= 0.6 is 0 Å². The minimum Gasteiger partial charge on any atom is -0.389 e. The van der Waals surface area contributed by atoms with E-state index in [0.717, 1.165) is 13.0 Å². The first kappa shape index (κ1) is 12.0. The Morgan fingerprint density at radius 3 is 2.47 bits per heavy atom. The maximum atomic E-state index is 11.1. The SMILES string of the molecule is C[C@H]1CC[C@@H]([C@@]2(C)CO2)C[C@]2(O)[C@@H]1CC[C@@H]2C. The van der Waals surface area contributed by atoms with E-state index in [4.69, 9.17) is 4.74 Å². The summed E-state index contributed by atoms with van der Waals surface area (Å²) < 4.78 is 5.64. The zero-order valence-electron chi connectivity index (χ0n) is 11.4. The molecular weight excluding hydrogens is 212 g/mol. The fourth-order valence-electron chi connectivity index (χ4n) is 4.46. The molecule has 17 heavy (non-hydrogen) atoms. The highest BCUT2D eigenvalue weighted by atomic mass is 16.6. The van der Waals surface area contributed by atoms with Crippen molar-refractivity contribution in [3.63, 3.8) is 0 Å². The van der Waals surface area contributed by atoms with Gasteiger partial charge >= 0.3 is 0 Å². The summed E-state index contributed by atoms with van der Waals surface area (Å²) in [5.74, 6) is 2.25. The normalized spacial score (nSPS) is 58.6. The summed E-state index contributed by atoms with van der Waals surface area (Å²) in [6, 6.07) is 0. The average molecular weight is 238 g/mol. The second-order valence-corrected chi connectivity index (χ2v) is 7.13. The molecule has 0 aromatic heterocycles. The molecule has 1 aliphatic heterocycles. The highest BCUT2D eigenvalue weighted by Crippen LogP contribution is 2.54. The molecular formula is C15H26O2. The maximum Gasteiger partial charge on any atom is 0.0917 e. The van der Waals surface area contributed by atoms with Gasteiger partial charge in [0.05, 0.1) is 17.8 Å². The smallest absolute Gasteiger partial charge is 0.0917 e. The molecule has 6 atom stereocenters. The number of hydrogen-bond donors (Lipinski definition) is 1. The maximum absolute atomic E-state index is 11.1. The van der Waals surface area contributed by atoms with E-state index in [1.807, 2.05) is 0 Å². The van der Waals surface area contributed by atoms with Crippen molar-refractivity contribution in [2.24, 2.45) is 23.7 Å². The summed E-state index contributed by atoms with van der Waals surface area (Å²) in [5.41, 5.74) is -0.317. The quantitative estimate of drug-likeness (QED) is 0.712. The van der Waals surface area contributed by atoms with Gasteiger partial charge in [-0.25, -0.2) is 0 Å². The highest BCUT2D eigenvalue weighted by molar-refractivity contribution is 5.06. The first-order valence-electron chi connectivity index (χ1n) is 7.32. The lowest BCUT2D eigenvalue weighted by Crippen LogP contribution is -2.43. The molecule has 98 valence electrons. The lowest BCUT2D eigenvalue weighted by molar-refractivity contribution is -0.0621. The van der Waals surface area contributed by atoms with Crippen LogP contribution in [0.4, 0.5) is 0 Å². The van der Waals surface area contributed by atoms with Gasteiger partial charge in [0.25, 0.3) is 0 Å². The molecule has 1 heterocycles. The van der Waals surface area contributed by atoms with Crippen LogP contribution < -0.4 is 0 Å². The summed E-state index contributed by atoms with van der Waals surface area (Å²) in [6.45, 7) is 7.71. The van der Waals surface area contributed by atoms with Gasteiger partial charge < -0.3 is 9.84 Å². The van der Waals surface area contributed by atoms with E-state index in [2.05, 4.69) is 20.8 Å². The third kappa shape index (κ3) is 1.76. The number of fused-ring (bicyclic) bond motifs is 1. The molecule has 2 aliphatic carbocycles. The first-order valence-corrected chi connectivity index (χ1v) is 7.32. The van der Waals surface area contributed by atoms with E-state index in [-0.39, 0.29) is 5.60 Å². The van der Waals surface area contributed by atoms with Crippen LogP contribution in [0.3, 0.4) is 0 Å². The second-order valence-electron chi connectivity index (χ2n) is 7.13. The Hall–Kier alpha value is -0.0800. The Labute approximate surface area is 105 Å². The van der Waals surface area contributed by atoms with Gasteiger partial charge in [-0.2, -0.15) is 0 Å². The van der Waals surface area contributed by atoms with E-state index in [9.17, 15) is 5.11 Å². The molecule has 1 N–H and O–H groups in total. The van der Waals surface area contributed by atoms with E-state index >= 15 is 0 Å². The zero-order valence-corrected chi connectivity index (χ0v) is 11.4. The summed E-state index contributed by atoms with van der Waals surface area (Å²) >= 11 is 0. The molecule has 1 saturated heterocycles. The van der Waals surface area contributed by atoms with Crippen LogP contribution in [0, 0.1) is 23.7 Å². The van der Waals surface area contributed by atoms with E-state index < -0.39 is 5.60 Å². The third-order valence-electron chi connectivity index (χ3n) is 6.10. The molecule has 0 aromatic rings. The molecule has 0 amide bonds. The minimum atomic E-state index is -0.407. The molecule has 3 fully saturated rings. The lowest BCUT2D eigenvalue weighted by Gasteiger charge is -2.37. The Morgan fingerprint density at radius 1 is 1.12 bits per heavy atom. The first-order chi connectivity index (χ1) is 7.96. The molecule has 3 aliphatic rings. The Kier molecular flexibility index (Phi) is 2.61. The molecule has 0 spiro atoms. The van der Waals surface area contributed by atoms with Crippen LogP contribution in [0.2, 0.25) is 0 Å². The van der Waals surface area contributed by atoms with Crippen molar-refractivity contribution in [2.45, 2.75) is 64.1 Å². The third-order valence-corrected chi connectivity index (χ3v) is 6.10. The molecule has 0 bridgehead atoms. The highest BCUT2D eigenvalue weighted by Gasteiger charge is 2.56.